The fourth-order valence-electron chi connectivity index (χ4n) is 6.29. The molecule has 0 unspecified atom stereocenters. The third kappa shape index (κ3) is 5.56. The topological polar surface area (TPSA) is 178 Å². The van der Waals surface area contributed by atoms with Crippen molar-refractivity contribution in [2.24, 2.45) is 0 Å². The average Bonchev–Trinajstić information content (AvgIpc) is 3.67. The van der Waals surface area contributed by atoms with E-state index in [-0.39, 0.29) is 32.3 Å². The van der Waals surface area contributed by atoms with Gasteiger partial charge in [-0.25, -0.2) is 0 Å². The van der Waals surface area contributed by atoms with Gasteiger partial charge in [0.15, 0.2) is 0 Å². The maximum Gasteiger partial charge on any atom is 0.303 e. The molecule has 0 spiro atoms. The largest absolute Gasteiger partial charge is 0.515 e. The van der Waals surface area contributed by atoms with E-state index in [9.17, 15) is 30.0 Å². The van der Waals surface area contributed by atoms with Crippen LogP contribution in [-0.2, 0) is 35.5 Å². The van der Waals surface area contributed by atoms with E-state index in [1.807, 2.05) is 44.2 Å². The van der Waals surface area contributed by atoms with Gasteiger partial charge in [-0.3, -0.25) is 9.59 Å². The lowest BCUT2D eigenvalue weighted by Crippen LogP contribution is -2.37. The summed E-state index contributed by atoms with van der Waals surface area (Å²) in [5.74, 6) is -1.86. The molecule has 0 aromatic carbocycles. The molecule has 0 aliphatic carbocycles. The summed E-state index contributed by atoms with van der Waals surface area (Å²) in [6.07, 6.45) is 11.8. The molecule has 5 rings (SSSR count). The molecule has 1 aliphatic rings. The number of aromatic amines is 4. The molecule has 0 amide bonds. The zero-order valence-corrected chi connectivity index (χ0v) is 25.3. The van der Waals surface area contributed by atoms with Gasteiger partial charge in [-0.05, 0) is 92.2 Å². The van der Waals surface area contributed by atoms with Crippen molar-refractivity contribution in [3.8, 4) is 0 Å². The van der Waals surface area contributed by atoms with Crippen molar-refractivity contribution < 1.29 is 30.0 Å². The summed E-state index contributed by atoms with van der Waals surface area (Å²) in [5, 5.41) is 44.0. The van der Waals surface area contributed by atoms with Gasteiger partial charge in [-0.1, -0.05) is 13.0 Å². The van der Waals surface area contributed by atoms with Gasteiger partial charge < -0.3 is 40.4 Å². The first-order valence-electron chi connectivity index (χ1n) is 14.7. The van der Waals surface area contributed by atoms with Gasteiger partial charge in [0.1, 0.15) is 0 Å². The summed E-state index contributed by atoms with van der Waals surface area (Å²) in [5.41, 5.74) is 8.32. The van der Waals surface area contributed by atoms with Crippen LogP contribution in [0.25, 0.3) is 36.6 Å². The Morgan fingerprint density at radius 1 is 0.682 bits per heavy atom. The summed E-state index contributed by atoms with van der Waals surface area (Å²) in [6, 6.07) is 0. The lowest BCUT2D eigenvalue weighted by molar-refractivity contribution is -0.138. The van der Waals surface area contributed by atoms with Gasteiger partial charge in [0.05, 0.1) is 18.2 Å². The van der Waals surface area contributed by atoms with E-state index in [1.54, 1.807) is 0 Å². The minimum atomic E-state index is -0.946. The normalized spacial score (nSPS) is 16.4. The number of hydrogen-bond donors (Lipinski definition) is 8. The SMILES string of the molecule is C/C=c1c2\[nH]c(\c\1=C/O)=C/c1[nH]c(c(CCC(=O)O)c1C)/C=c1\[nH]/c(c(CO)c1CCC(=O)O)=C\c1[nH]c(c(C)c1CC)/C=2. The van der Waals surface area contributed by atoms with Crippen molar-refractivity contribution in [1.29, 1.82) is 0 Å². The van der Waals surface area contributed by atoms with Crippen LogP contribution in [0.1, 0.15) is 82.8 Å². The van der Waals surface area contributed by atoms with Crippen molar-refractivity contribution in [3.05, 3.63) is 88.0 Å². The Morgan fingerprint density at radius 2 is 1.16 bits per heavy atom. The van der Waals surface area contributed by atoms with E-state index < -0.39 is 11.9 Å². The number of H-pyrrole nitrogens is 4. The van der Waals surface area contributed by atoms with Crippen LogP contribution in [0.5, 0.6) is 0 Å². The highest BCUT2D eigenvalue weighted by atomic mass is 16.4. The van der Waals surface area contributed by atoms with Gasteiger partial charge in [0, 0.05) is 67.7 Å². The highest BCUT2D eigenvalue weighted by Gasteiger charge is 2.17. The average molecular weight is 599 g/mol. The lowest BCUT2D eigenvalue weighted by Gasteiger charge is -2.02. The van der Waals surface area contributed by atoms with Crippen LogP contribution in [0.15, 0.2) is 0 Å². The predicted molar refractivity (Wildman–Crippen MR) is 169 cm³/mol. The minimum absolute atomic E-state index is 0.0726. The van der Waals surface area contributed by atoms with E-state index in [0.29, 0.717) is 38.1 Å². The zero-order chi connectivity index (χ0) is 31.7. The third-order valence-corrected chi connectivity index (χ3v) is 8.59. The Morgan fingerprint density at radius 3 is 1.68 bits per heavy atom. The van der Waals surface area contributed by atoms with Crippen LogP contribution >= 0.6 is 0 Å². The lowest BCUT2D eigenvalue weighted by atomic mass is 10.0. The minimum Gasteiger partial charge on any atom is -0.515 e. The molecule has 4 aromatic rings. The number of aromatic nitrogens is 4. The molecule has 0 fully saturated rings. The second-order valence-electron chi connectivity index (χ2n) is 11.1. The number of rotatable bonds is 8. The summed E-state index contributed by atoms with van der Waals surface area (Å²) in [7, 11) is 0. The van der Waals surface area contributed by atoms with Crippen molar-refractivity contribution in [2.75, 3.05) is 0 Å². The molecule has 0 saturated carbocycles. The highest BCUT2D eigenvalue weighted by Crippen LogP contribution is 2.23. The highest BCUT2D eigenvalue weighted by molar-refractivity contribution is 5.70. The number of carboxylic acids is 2. The fourth-order valence-corrected chi connectivity index (χ4v) is 6.29. The molecule has 230 valence electrons. The molecule has 4 aromatic heterocycles. The van der Waals surface area contributed by atoms with Crippen LogP contribution in [0.4, 0.5) is 0 Å². The number of fused-ring (bicyclic) bond motifs is 8. The first-order valence-corrected chi connectivity index (χ1v) is 14.7. The molecule has 44 heavy (non-hydrogen) atoms. The van der Waals surface area contributed by atoms with Crippen molar-refractivity contribution in [2.45, 2.75) is 66.4 Å². The third-order valence-electron chi connectivity index (χ3n) is 8.59. The number of aliphatic hydroxyl groups is 2. The molecule has 10 nitrogen and oxygen atoms in total. The first-order chi connectivity index (χ1) is 21.1. The Labute approximate surface area is 252 Å². The maximum absolute atomic E-state index is 11.6. The van der Waals surface area contributed by atoms with E-state index in [4.69, 9.17) is 0 Å². The molecule has 8 bridgehead atoms. The van der Waals surface area contributed by atoms with Gasteiger partial charge >= 0.3 is 11.9 Å². The number of aliphatic carboxylic acids is 2. The molecule has 0 saturated heterocycles. The second-order valence-corrected chi connectivity index (χ2v) is 11.1. The number of nitrogens with one attached hydrogen (secondary N) is 4. The van der Waals surface area contributed by atoms with Crippen LogP contribution in [0.3, 0.4) is 0 Å². The van der Waals surface area contributed by atoms with E-state index in [0.717, 1.165) is 62.6 Å². The number of aliphatic hydroxyl groups excluding tert-OH is 2. The molecular formula is C34H38N4O6. The van der Waals surface area contributed by atoms with E-state index >= 15 is 0 Å². The van der Waals surface area contributed by atoms with Crippen LogP contribution in [0.2, 0.25) is 0 Å². The Kier molecular flexibility index (Phi) is 8.55. The van der Waals surface area contributed by atoms with Gasteiger partial charge in [-0.2, -0.15) is 0 Å². The smallest absolute Gasteiger partial charge is 0.303 e. The van der Waals surface area contributed by atoms with Crippen molar-refractivity contribution in [3.63, 3.8) is 0 Å². The maximum atomic E-state index is 11.6. The number of carboxylic acid groups (broad SMARTS) is 2. The summed E-state index contributed by atoms with van der Waals surface area (Å²) < 4.78 is 0. The fraction of sp³-hybridized carbons (Fsp3) is 0.294. The van der Waals surface area contributed by atoms with Gasteiger partial charge in [0.25, 0.3) is 0 Å². The molecule has 8 N–H and O–H groups in total. The van der Waals surface area contributed by atoms with E-state index in [2.05, 4.69) is 33.8 Å². The Hall–Kier alpha value is -4.96. The van der Waals surface area contributed by atoms with Crippen molar-refractivity contribution >= 4 is 48.6 Å². The van der Waals surface area contributed by atoms with Crippen LogP contribution in [0, 0.1) is 13.8 Å². The van der Waals surface area contributed by atoms with Crippen LogP contribution in [-0.4, -0.2) is 52.3 Å². The Balaban J connectivity index is 1.97. The summed E-state index contributed by atoms with van der Waals surface area (Å²) in [6.45, 7) is 7.67. The van der Waals surface area contributed by atoms with Gasteiger partial charge in [-0.15, -0.1) is 0 Å². The van der Waals surface area contributed by atoms with Crippen LogP contribution < -0.4 is 31.8 Å². The monoisotopic (exact) mass is 598 g/mol. The molecule has 0 atom stereocenters. The summed E-state index contributed by atoms with van der Waals surface area (Å²) >= 11 is 0. The second kappa shape index (κ2) is 12.3. The molecule has 10 heteroatoms. The standard InChI is InChI=1S/C34H38N4O6/c1-5-19-17(3)25-11-28-20(6-2)23(15-39)31(37-28)12-26-18(4)21(7-9-33(41)42)29(36-26)14-30-22(8-10-34(43)44)24(16-40)32(38-30)13-27(19)35-25/h6,11-15,35-40H,5,7-10,16H2,1-4H3,(H,41,42)(H,43,44)/b20-6-,23-15-,28-11-,30-14-,31-12-,32-13-. The van der Waals surface area contributed by atoms with Gasteiger partial charge in [0.2, 0.25) is 0 Å². The molecular weight excluding hydrogens is 560 g/mol. The molecule has 0 radical (unpaired) electrons. The van der Waals surface area contributed by atoms with E-state index in [1.165, 1.54) is 0 Å². The molecule has 1 aliphatic heterocycles. The first kappa shape index (κ1) is 30.5. The predicted octanol–water partition coefficient (Wildman–Crippen LogP) is 0.430. The number of carbonyl (C=O) groups is 2. The Bertz CT molecular complexity index is 2150. The quantitative estimate of drug-likeness (QED) is 0.128. The zero-order valence-electron chi connectivity index (χ0n) is 25.3. The van der Waals surface area contributed by atoms with Crippen molar-refractivity contribution in [1.82, 2.24) is 19.9 Å². The number of hydrogen-bond acceptors (Lipinski definition) is 4. The summed E-state index contributed by atoms with van der Waals surface area (Å²) in [4.78, 5) is 37.0. The molecule has 5 heterocycles.